The fourth-order valence-electron chi connectivity index (χ4n) is 2.63. The molecule has 0 spiro atoms. The van der Waals surface area contributed by atoms with Crippen molar-refractivity contribution >= 4 is 18.3 Å². The summed E-state index contributed by atoms with van der Waals surface area (Å²) in [6, 6.07) is 9.73. The summed E-state index contributed by atoms with van der Waals surface area (Å²) in [6.07, 6.45) is 1.98. The third-order valence-corrected chi connectivity index (χ3v) is 3.73. The largest absolute Gasteiger partial charge is 0.337 e. The molecule has 1 aromatic carbocycles. The fourth-order valence-corrected chi connectivity index (χ4v) is 2.63. The number of halogens is 1. The van der Waals surface area contributed by atoms with E-state index in [9.17, 15) is 4.79 Å². The van der Waals surface area contributed by atoms with Crippen LogP contribution in [0.1, 0.15) is 12.8 Å². The summed E-state index contributed by atoms with van der Waals surface area (Å²) in [6.45, 7) is 1.38. The van der Waals surface area contributed by atoms with Crippen LogP contribution in [-0.4, -0.2) is 50.1 Å². The van der Waals surface area contributed by atoms with E-state index in [0.29, 0.717) is 12.4 Å². The molecule has 1 aliphatic rings. The highest BCUT2D eigenvalue weighted by Crippen LogP contribution is 2.17. The Morgan fingerprint density at radius 2 is 2.09 bits per heavy atom. The highest BCUT2D eigenvalue weighted by molar-refractivity contribution is 5.85. The summed E-state index contributed by atoms with van der Waals surface area (Å²) in [7, 11) is 0. The number of amides is 1. The molecule has 1 fully saturated rings. The highest BCUT2D eigenvalue weighted by Gasteiger charge is 2.27. The minimum absolute atomic E-state index is 0. The Hall–Kier alpha value is -1.99. The van der Waals surface area contributed by atoms with Crippen LogP contribution in [0.3, 0.4) is 0 Å². The summed E-state index contributed by atoms with van der Waals surface area (Å²) in [5.74, 6) is 0.528. The second-order valence-corrected chi connectivity index (χ2v) is 5.13. The average molecular weight is 323 g/mol. The molecule has 2 N–H and O–H groups in total. The number of carbonyl (C=O) groups is 1. The maximum Gasteiger partial charge on any atom is 0.246 e. The molecule has 8 heteroatoms. The predicted molar refractivity (Wildman–Crippen MR) is 84.3 cm³/mol. The molecule has 1 aromatic heterocycles. The minimum atomic E-state index is -0.0000355. The van der Waals surface area contributed by atoms with Gasteiger partial charge in [-0.25, -0.2) is 0 Å². The molecule has 0 bridgehead atoms. The zero-order chi connectivity index (χ0) is 14.7. The number of benzene rings is 1. The Bertz CT molecular complexity index is 617. The molecule has 1 amide bonds. The molecule has 118 valence electrons. The monoisotopic (exact) mass is 322 g/mol. The van der Waals surface area contributed by atoms with Crippen molar-refractivity contribution in [3.8, 4) is 11.4 Å². The molecule has 22 heavy (non-hydrogen) atoms. The molecule has 0 aliphatic carbocycles. The molecule has 7 nitrogen and oxygen atoms in total. The van der Waals surface area contributed by atoms with Gasteiger partial charge in [-0.3, -0.25) is 4.79 Å². The Morgan fingerprint density at radius 1 is 1.32 bits per heavy atom. The molecule has 1 aliphatic heterocycles. The van der Waals surface area contributed by atoms with Gasteiger partial charge in [0.1, 0.15) is 6.54 Å². The lowest BCUT2D eigenvalue weighted by molar-refractivity contribution is -0.132. The van der Waals surface area contributed by atoms with Crippen LogP contribution in [0.15, 0.2) is 30.3 Å². The van der Waals surface area contributed by atoms with Crippen molar-refractivity contribution in [2.45, 2.75) is 25.4 Å². The van der Waals surface area contributed by atoms with E-state index in [4.69, 9.17) is 5.73 Å². The predicted octanol–water partition coefficient (Wildman–Crippen LogP) is 0.712. The quantitative estimate of drug-likeness (QED) is 0.895. The van der Waals surface area contributed by atoms with Crippen molar-refractivity contribution in [1.29, 1.82) is 0 Å². The van der Waals surface area contributed by atoms with Crippen LogP contribution < -0.4 is 5.73 Å². The van der Waals surface area contributed by atoms with Crippen LogP contribution in [0, 0.1) is 0 Å². The van der Waals surface area contributed by atoms with Gasteiger partial charge in [-0.1, -0.05) is 30.3 Å². The zero-order valence-corrected chi connectivity index (χ0v) is 12.9. The van der Waals surface area contributed by atoms with Gasteiger partial charge >= 0.3 is 0 Å². The number of hydrogen-bond acceptors (Lipinski definition) is 5. The first-order valence-electron chi connectivity index (χ1n) is 7.10. The number of rotatable bonds is 4. The number of nitrogens with zero attached hydrogens (tertiary/aromatic N) is 5. The van der Waals surface area contributed by atoms with Crippen molar-refractivity contribution in [3.63, 3.8) is 0 Å². The third kappa shape index (κ3) is 3.42. The lowest BCUT2D eigenvalue weighted by atomic mass is 10.2. The van der Waals surface area contributed by atoms with E-state index in [0.717, 1.165) is 24.9 Å². The topological polar surface area (TPSA) is 89.9 Å². The van der Waals surface area contributed by atoms with Gasteiger partial charge in [0.2, 0.25) is 11.7 Å². The molecule has 2 heterocycles. The third-order valence-electron chi connectivity index (χ3n) is 3.73. The fraction of sp³-hybridized carbons (Fsp3) is 0.429. The number of hydrogen-bond donors (Lipinski definition) is 1. The van der Waals surface area contributed by atoms with Gasteiger partial charge in [0, 0.05) is 24.7 Å². The van der Waals surface area contributed by atoms with Crippen LogP contribution in [0.4, 0.5) is 0 Å². The Balaban J connectivity index is 0.00000176. The molecule has 3 rings (SSSR count). The molecule has 1 saturated heterocycles. The van der Waals surface area contributed by atoms with Crippen molar-refractivity contribution in [2.24, 2.45) is 5.73 Å². The van der Waals surface area contributed by atoms with E-state index < -0.39 is 0 Å². The second-order valence-electron chi connectivity index (χ2n) is 5.13. The smallest absolute Gasteiger partial charge is 0.246 e. The Kier molecular flexibility index (Phi) is 5.46. The van der Waals surface area contributed by atoms with Crippen molar-refractivity contribution in [2.75, 3.05) is 13.1 Å². The molecular formula is C14H19ClN6O. The van der Waals surface area contributed by atoms with Crippen molar-refractivity contribution < 1.29 is 4.79 Å². The summed E-state index contributed by atoms with van der Waals surface area (Å²) in [5.41, 5.74) is 6.58. The first kappa shape index (κ1) is 16.4. The van der Waals surface area contributed by atoms with Crippen LogP contribution >= 0.6 is 12.4 Å². The van der Waals surface area contributed by atoms with Crippen LogP contribution in [0.5, 0.6) is 0 Å². The van der Waals surface area contributed by atoms with Crippen LogP contribution in [0.25, 0.3) is 11.4 Å². The lowest BCUT2D eigenvalue weighted by Crippen LogP contribution is -2.41. The van der Waals surface area contributed by atoms with E-state index in [-0.39, 0.29) is 30.9 Å². The normalized spacial score (nSPS) is 17.3. The number of carbonyl (C=O) groups excluding carboxylic acids is 1. The molecular weight excluding hydrogens is 304 g/mol. The van der Waals surface area contributed by atoms with Gasteiger partial charge in [0.05, 0.1) is 0 Å². The number of likely N-dealkylation sites (tertiary alicyclic amines) is 1. The van der Waals surface area contributed by atoms with E-state index in [1.165, 1.54) is 4.80 Å². The maximum atomic E-state index is 12.3. The Morgan fingerprint density at radius 3 is 2.82 bits per heavy atom. The first-order chi connectivity index (χ1) is 10.3. The number of tetrazole rings is 1. The van der Waals surface area contributed by atoms with Gasteiger partial charge < -0.3 is 10.6 Å². The second kappa shape index (κ2) is 7.33. The van der Waals surface area contributed by atoms with Gasteiger partial charge in [-0.05, 0) is 18.1 Å². The standard InChI is InChI=1S/C14H18N6O.ClH/c15-9-12-7-4-8-19(12)13(21)10-20-17-14(16-18-20)11-5-2-1-3-6-11;/h1-3,5-6,12H,4,7-10,15H2;1H. The van der Waals surface area contributed by atoms with Crippen LogP contribution in [0.2, 0.25) is 0 Å². The molecule has 2 aromatic rings. The van der Waals surface area contributed by atoms with E-state index >= 15 is 0 Å². The van der Waals surface area contributed by atoms with Gasteiger partial charge in [-0.15, -0.1) is 22.6 Å². The first-order valence-corrected chi connectivity index (χ1v) is 7.10. The van der Waals surface area contributed by atoms with Crippen molar-refractivity contribution in [3.05, 3.63) is 30.3 Å². The van der Waals surface area contributed by atoms with Gasteiger partial charge in [0.15, 0.2) is 0 Å². The van der Waals surface area contributed by atoms with Gasteiger partial charge in [-0.2, -0.15) is 4.80 Å². The highest BCUT2D eigenvalue weighted by atomic mass is 35.5. The number of aromatic nitrogens is 4. The molecule has 0 saturated carbocycles. The zero-order valence-electron chi connectivity index (χ0n) is 12.1. The van der Waals surface area contributed by atoms with E-state index in [1.54, 1.807) is 0 Å². The Labute approximate surface area is 134 Å². The minimum Gasteiger partial charge on any atom is -0.337 e. The summed E-state index contributed by atoms with van der Waals surface area (Å²) >= 11 is 0. The maximum absolute atomic E-state index is 12.3. The lowest BCUT2D eigenvalue weighted by Gasteiger charge is -2.22. The van der Waals surface area contributed by atoms with Crippen LogP contribution in [-0.2, 0) is 11.3 Å². The van der Waals surface area contributed by atoms with E-state index in [1.807, 2.05) is 35.2 Å². The summed E-state index contributed by atoms with van der Waals surface area (Å²) in [5, 5.41) is 12.2. The van der Waals surface area contributed by atoms with Crippen molar-refractivity contribution in [1.82, 2.24) is 25.1 Å². The molecule has 0 radical (unpaired) electrons. The van der Waals surface area contributed by atoms with E-state index in [2.05, 4.69) is 15.4 Å². The summed E-state index contributed by atoms with van der Waals surface area (Å²) in [4.78, 5) is 15.4. The van der Waals surface area contributed by atoms with Gasteiger partial charge in [0.25, 0.3) is 0 Å². The SMILES string of the molecule is Cl.NCC1CCCN1C(=O)Cn1nnc(-c2ccccc2)n1. The molecule has 1 unspecified atom stereocenters. The molecule has 1 atom stereocenters. The number of nitrogens with two attached hydrogens (primary N) is 1. The summed E-state index contributed by atoms with van der Waals surface area (Å²) < 4.78 is 0. The average Bonchev–Trinajstić information content (AvgIpc) is 3.16.